The number of unbranched alkanes of at least 4 members (excludes halogenated alkanes) is 1. The molecular weight excluding hydrogens is 284 g/mol. The maximum absolute atomic E-state index is 5.69. The molecule has 0 saturated carbocycles. The Labute approximate surface area is 137 Å². The highest BCUT2D eigenvalue weighted by atomic mass is 16.5. The largest absolute Gasteiger partial charge is 0.494 e. The van der Waals surface area contributed by atoms with Crippen molar-refractivity contribution >= 4 is 22.4 Å². The fourth-order valence-corrected chi connectivity index (χ4v) is 2.45. The minimum absolute atomic E-state index is 0.772. The lowest BCUT2D eigenvalue weighted by Gasteiger charge is -2.11. The molecule has 0 aliphatic rings. The second-order valence-electron chi connectivity index (χ2n) is 5.70. The Balaban J connectivity index is 1.75. The van der Waals surface area contributed by atoms with Gasteiger partial charge in [-0.05, 0) is 55.3 Å². The molecule has 0 fully saturated rings. The third-order valence-corrected chi connectivity index (χ3v) is 3.80. The maximum atomic E-state index is 5.69. The molecule has 0 aliphatic heterocycles. The molecule has 1 N–H and O–H groups in total. The van der Waals surface area contributed by atoms with Crippen molar-refractivity contribution in [2.45, 2.75) is 26.7 Å². The highest BCUT2D eigenvalue weighted by Crippen LogP contribution is 2.24. The summed E-state index contributed by atoms with van der Waals surface area (Å²) < 4.78 is 5.69. The summed E-state index contributed by atoms with van der Waals surface area (Å²) in [7, 11) is 0. The van der Waals surface area contributed by atoms with Crippen molar-refractivity contribution in [3.8, 4) is 5.75 Å². The number of ether oxygens (including phenoxy) is 1. The molecule has 1 heterocycles. The minimum atomic E-state index is 0.772. The van der Waals surface area contributed by atoms with Crippen LogP contribution in [-0.4, -0.2) is 11.6 Å². The molecule has 3 aromatic rings. The van der Waals surface area contributed by atoms with E-state index in [1.165, 1.54) is 0 Å². The molecule has 23 heavy (non-hydrogen) atoms. The molecule has 0 atom stereocenters. The first-order chi connectivity index (χ1) is 11.3. The van der Waals surface area contributed by atoms with Gasteiger partial charge < -0.3 is 10.1 Å². The van der Waals surface area contributed by atoms with Crippen LogP contribution in [0.5, 0.6) is 5.75 Å². The zero-order chi connectivity index (χ0) is 16.1. The van der Waals surface area contributed by atoms with Crippen LogP contribution in [0.1, 0.15) is 25.3 Å². The van der Waals surface area contributed by atoms with Gasteiger partial charge in [-0.25, -0.2) is 4.98 Å². The Morgan fingerprint density at radius 1 is 1.04 bits per heavy atom. The summed E-state index contributed by atoms with van der Waals surface area (Å²) in [5.74, 6) is 1.80. The zero-order valence-corrected chi connectivity index (χ0v) is 13.7. The van der Waals surface area contributed by atoms with Gasteiger partial charge >= 0.3 is 0 Å². The van der Waals surface area contributed by atoms with E-state index in [9.17, 15) is 0 Å². The topological polar surface area (TPSA) is 34.1 Å². The van der Waals surface area contributed by atoms with Crippen LogP contribution in [0.2, 0.25) is 0 Å². The van der Waals surface area contributed by atoms with Crippen LogP contribution in [0.3, 0.4) is 0 Å². The van der Waals surface area contributed by atoms with Crippen molar-refractivity contribution in [1.82, 2.24) is 4.98 Å². The second kappa shape index (κ2) is 7.14. The number of rotatable bonds is 6. The van der Waals surface area contributed by atoms with Crippen LogP contribution in [0.25, 0.3) is 10.9 Å². The van der Waals surface area contributed by atoms with Gasteiger partial charge in [0.2, 0.25) is 0 Å². The number of nitrogens with zero attached hydrogens (tertiary/aromatic N) is 1. The van der Waals surface area contributed by atoms with E-state index in [-0.39, 0.29) is 0 Å². The first-order valence-electron chi connectivity index (χ1n) is 8.12. The van der Waals surface area contributed by atoms with Gasteiger partial charge in [-0.15, -0.1) is 0 Å². The molecule has 0 bridgehead atoms. The molecule has 0 saturated heterocycles. The fourth-order valence-electron chi connectivity index (χ4n) is 2.45. The first-order valence-corrected chi connectivity index (χ1v) is 8.12. The van der Waals surface area contributed by atoms with E-state index in [1.807, 2.05) is 42.5 Å². The highest BCUT2D eigenvalue weighted by Gasteiger charge is 2.04. The molecule has 3 rings (SSSR count). The van der Waals surface area contributed by atoms with E-state index in [2.05, 4.69) is 31.3 Å². The predicted molar refractivity (Wildman–Crippen MR) is 96.6 cm³/mol. The van der Waals surface area contributed by atoms with Gasteiger partial charge in [0.15, 0.2) is 0 Å². The fraction of sp³-hybridized carbons (Fsp3) is 0.250. The molecule has 0 radical (unpaired) electrons. The Morgan fingerprint density at radius 3 is 2.61 bits per heavy atom. The van der Waals surface area contributed by atoms with Crippen molar-refractivity contribution in [2.24, 2.45) is 0 Å². The standard InChI is InChI=1S/C20H22N2O/c1-3-4-13-23-18-11-9-17(10-12-18)21-20-15(2)14-16-7-5-6-8-19(16)22-20/h5-12,14H,3-4,13H2,1-2H3,(H,21,22). The van der Waals surface area contributed by atoms with Crippen LogP contribution in [-0.2, 0) is 0 Å². The number of nitrogens with one attached hydrogen (secondary N) is 1. The molecule has 1 aromatic heterocycles. The summed E-state index contributed by atoms with van der Waals surface area (Å²) in [5, 5.41) is 4.55. The molecule has 0 amide bonds. The van der Waals surface area contributed by atoms with Gasteiger partial charge in [0.1, 0.15) is 11.6 Å². The van der Waals surface area contributed by atoms with E-state index >= 15 is 0 Å². The summed E-state index contributed by atoms with van der Waals surface area (Å²) in [4.78, 5) is 4.71. The van der Waals surface area contributed by atoms with Crippen molar-refractivity contribution in [1.29, 1.82) is 0 Å². The molecule has 118 valence electrons. The Hall–Kier alpha value is -2.55. The lowest BCUT2D eigenvalue weighted by atomic mass is 10.1. The summed E-state index contributed by atoms with van der Waals surface area (Å²) in [6, 6.07) is 18.4. The SMILES string of the molecule is CCCCOc1ccc(Nc2nc3ccccc3cc2C)cc1. The van der Waals surface area contributed by atoms with Crippen LogP contribution in [0, 0.1) is 6.92 Å². The average Bonchev–Trinajstić information content (AvgIpc) is 2.57. The molecule has 3 heteroatoms. The molecule has 3 nitrogen and oxygen atoms in total. The lowest BCUT2D eigenvalue weighted by molar-refractivity contribution is 0.309. The van der Waals surface area contributed by atoms with Gasteiger partial charge in [-0.1, -0.05) is 31.5 Å². The summed E-state index contributed by atoms with van der Waals surface area (Å²) >= 11 is 0. The van der Waals surface area contributed by atoms with Crippen LogP contribution >= 0.6 is 0 Å². The summed E-state index contributed by atoms with van der Waals surface area (Å²) in [6.07, 6.45) is 2.23. The van der Waals surface area contributed by atoms with Gasteiger partial charge in [0, 0.05) is 11.1 Å². The van der Waals surface area contributed by atoms with Crippen molar-refractivity contribution < 1.29 is 4.74 Å². The monoisotopic (exact) mass is 306 g/mol. The summed E-state index contributed by atoms with van der Waals surface area (Å²) in [5.41, 5.74) is 3.14. The van der Waals surface area contributed by atoms with E-state index in [0.29, 0.717) is 0 Å². The number of hydrogen-bond donors (Lipinski definition) is 1. The van der Waals surface area contributed by atoms with E-state index < -0.39 is 0 Å². The molecule has 2 aromatic carbocycles. The third-order valence-electron chi connectivity index (χ3n) is 3.80. The van der Waals surface area contributed by atoms with E-state index in [1.54, 1.807) is 0 Å². The number of pyridine rings is 1. The number of benzene rings is 2. The number of anilines is 2. The third kappa shape index (κ3) is 3.81. The molecule has 0 aliphatic carbocycles. The van der Waals surface area contributed by atoms with Gasteiger partial charge in [0.05, 0.1) is 12.1 Å². The number of aromatic nitrogens is 1. The Morgan fingerprint density at radius 2 is 1.83 bits per heavy atom. The molecule has 0 spiro atoms. The van der Waals surface area contributed by atoms with Crippen molar-refractivity contribution in [2.75, 3.05) is 11.9 Å². The van der Waals surface area contributed by atoms with Crippen molar-refractivity contribution in [3.05, 3.63) is 60.2 Å². The smallest absolute Gasteiger partial charge is 0.134 e. The number of para-hydroxylation sites is 1. The lowest BCUT2D eigenvalue weighted by Crippen LogP contribution is -1.98. The second-order valence-corrected chi connectivity index (χ2v) is 5.70. The van der Waals surface area contributed by atoms with Crippen molar-refractivity contribution in [3.63, 3.8) is 0 Å². The first kappa shape index (κ1) is 15.3. The Bertz CT molecular complexity index is 781. The van der Waals surface area contributed by atoms with Crippen LogP contribution in [0.15, 0.2) is 54.6 Å². The summed E-state index contributed by atoms with van der Waals surface area (Å²) in [6.45, 7) is 5.01. The van der Waals surface area contributed by atoms with Gasteiger partial charge in [-0.3, -0.25) is 0 Å². The van der Waals surface area contributed by atoms with E-state index in [0.717, 1.165) is 53.2 Å². The van der Waals surface area contributed by atoms with Crippen LogP contribution in [0.4, 0.5) is 11.5 Å². The molecular formula is C20H22N2O. The number of aryl methyl sites for hydroxylation is 1. The molecule has 0 unspecified atom stereocenters. The normalized spacial score (nSPS) is 10.7. The van der Waals surface area contributed by atoms with Gasteiger partial charge in [-0.2, -0.15) is 0 Å². The zero-order valence-electron chi connectivity index (χ0n) is 13.7. The predicted octanol–water partition coefficient (Wildman–Crippen LogP) is 5.47. The van der Waals surface area contributed by atoms with E-state index in [4.69, 9.17) is 9.72 Å². The van der Waals surface area contributed by atoms with Crippen LogP contribution < -0.4 is 10.1 Å². The maximum Gasteiger partial charge on any atom is 0.134 e. The minimum Gasteiger partial charge on any atom is -0.494 e. The highest BCUT2D eigenvalue weighted by molar-refractivity contribution is 5.82. The Kier molecular flexibility index (Phi) is 4.77. The number of fused-ring (bicyclic) bond motifs is 1. The quantitative estimate of drug-likeness (QED) is 0.613. The van der Waals surface area contributed by atoms with Gasteiger partial charge in [0.25, 0.3) is 0 Å². The number of hydrogen-bond acceptors (Lipinski definition) is 3. The average molecular weight is 306 g/mol.